The molecular formula is C11H15N. The van der Waals surface area contributed by atoms with Gasteiger partial charge in [-0.25, -0.2) is 0 Å². The first-order valence-corrected chi connectivity index (χ1v) is 4.15. The largest absolute Gasteiger partial charge is 0.388 e. The van der Waals surface area contributed by atoms with Crippen molar-refractivity contribution in [3.8, 4) is 0 Å². The molecule has 1 nitrogen and oxygen atoms in total. The first kappa shape index (κ1) is 8.85. The first-order valence-electron chi connectivity index (χ1n) is 4.15. The molecule has 0 saturated heterocycles. The summed E-state index contributed by atoms with van der Waals surface area (Å²) in [5.74, 6) is 0. The van der Waals surface area contributed by atoms with Gasteiger partial charge in [-0.3, -0.25) is 0 Å². The molecule has 0 amide bonds. The number of allylic oxidation sites excluding steroid dienone is 6. The van der Waals surface area contributed by atoms with Crippen molar-refractivity contribution in [1.82, 2.24) is 5.32 Å². The highest BCUT2D eigenvalue weighted by Crippen LogP contribution is 2.16. The van der Waals surface area contributed by atoms with Gasteiger partial charge in [-0.1, -0.05) is 36.5 Å². The SMILES string of the molecule is C=C(NC)C1=CC(C)=CC=CC1. The van der Waals surface area contributed by atoms with E-state index >= 15 is 0 Å². The van der Waals surface area contributed by atoms with Gasteiger partial charge in [0.1, 0.15) is 0 Å². The summed E-state index contributed by atoms with van der Waals surface area (Å²) in [5, 5.41) is 3.06. The average molecular weight is 161 g/mol. The molecule has 0 aromatic carbocycles. The number of hydrogen-bond acceptors (Lipinski definition) is 1. The summed E-state index contributed by atoms with van der Waals surface area (Å²) in [4.78, 5) is 0. The molecule has 0 radical (unpaired) electrons. The van der Waals surface area contributed by atoms with Gasteiger partial charge in [-0.05, 0) is 18.9 Å². The Balaban J connectivity index is 2.85. The molecule has 0 saturated carbocycles. The van der Waals surface area contributed by atoms with E-state index in [1.165, 1.54) is 11.1 Å². The quantitative estimate of drug-likeness (QED) is 0.656. The van der Waals surface area contributed by atoms with E-state index in [4.69, 9.17) is 0 Å². The molecule has 0 heterocycles. The van der Waals surface area contributed by atoms with Crippen molar-refractivity contribution in [1.29, 1.82) is 0 Å². The minimum atomic E-state index is 0.966. The Morgan fingerprint density at radius 1 is 1.58 bits per heavy atom. The van der Waals surface area contributed by atoms with Gasteiger partial charge in [-0.2, -0.15) is 0 Å². The first-order chi connectivity index (χ1) is 5.74. The topological polar surface area (TPSA) is 12.0 Å². The van der Waals surface area contributed by atoms with Crippen LogP contribution in [0.3, 0.4) is 0 Å². The van der Waals surface area contributed by atoms with Crippen LogP contribution < -0.4 is 5.32 Å². The van der Waals surface area contributed by atoms with E-state index in [9.17, 15) is 0 Å². The van der Waals surface area contributed by atoms with Gasteiger partial charge < -0.3 is 5.32 Å². The standard InChI is InChI=1S/C11H15N/c1-9-6-4-5-7-11(8-9)10(2)12-3/h4-6,8,12H,2,7H2,1,3H3. The summed E-state index contributed by atoms with van der Waals surface area (Å²) in [6.45, 7) is 6.03. The summed E-state index contributed by atoms with van der Waals surface area (Å²) < 4.78 is 0. The van der Waals surface area contributed by atoms with Gasteiger partial charge in [0.05, 0.1) is 0 Å². The molecule has 0 aromatic rings. The molecular weight excluding hydrogens is 146 g/mol. The molecule has 1 aliphatic carbocycles. The van der Waals surface area contributed by atoms with Crippen LogP contribution in [-0.2, 0) is 0 Å². The summed E-state index contributed by atoms with van der Waals surface area (Å²) in [5.41, 5.74) is 3.55. The van der Waals surface area contributed by atoms with Crippen molar-refractivity contribution < 1.29 is 0 Å². The predicted molar refractivity (Wildman–Crippen MR) is 53.8 cm³/mol. The average Bonchev–Trinajstić information content (AvgIpc) is 2.28. The molecule has 1 N–H and O–H groups in total. The number of nitrogens with one attached hydrogen (secondary N) is 1. The Hall–Kier alpha value is -1.24. The maximum Gasteiger partial charge on any atom is 0.0300 e. The minimum Gasteiger partial charge on any atom is -0.388 e. The summed E-state index contributed by atoms with van der Waals surface area (Å²) in [6, 6.07) is 0. The van der Waals surface area contributed by atoms with Crippen LogP contribution in [0.5, 0.6) is 0 Å². The predicted octanol–water partition coefficient (Wildman–Crippen LogP) is 2.55. The second-order valence-electron chi connectivity index (χ2n) is 2.94. The third-order valence-corrected chi connectivity index (χ3v) is 1.92. The van der Waals surface area contributed by atoms with Gasteiger partial charge in [0, 0.05) is 12.7 Å². The second-order valence-corrected chi connectivity index (χ2v) is 2.94. The molecule has 1 rings (SSSR count). The molecule has 1 aliphatic rings. The Morgan fingerprint density at radius 2 is 2.33 bits per heavy atom. The van der Waals surface area contributed by atoms with Crippen molar-refractivity contribution in [2.45, 2.75) is 13.3 Å². The summed E-state index contributed by atoms with van der Waals surface area (Å²) >= 11 is 0. The van der Waals surface area contributed by atoms with E-state index in [1.807, 2.05) is 7.05 Å². The Labute approximate surface area is 74.2 Å². The maximum atomic E-state index is 3.93. The fraction of sp³-hybridized carbons (Fsp3) is 0.273. The lowest BCUT2D eigenvalue weighted by molar-refractivity contribution is 0.984. The highest BCUT2D eigenvalue weighted by Gasteiger charge is 2.00. The Kier molecular flexibility index (Phi) is 2.92. The van der Waals surface area contributed by atoms with E-state index in [1.54, 1.807) is 0 Å². The van der Waals surface area contributed by atoms with Crippen molar-refractivity contribution in [2.75, 3.05) is 7.05 Å². The maximum absolute atomic E-state index is 3.93. The van der Waals surface area contributed by atoms with Crippen molar-refractivity contribution in [3.63, 3.8) is 0 Å². The highest BCUT2D eigenvalue weighted by molar-refractivity contribution is 5.39. The van der Waals surface area contributed by atoms with Crippen molar-refractivity contribution in [3.05, 3.63) is 47.7 Å². The molecule has 0 bridgehead atoms. The zero-order valence-electron chi connectivity index (χ0n) is 7.72. The third-order valence-electron chi connectivity index (χ3n) is 1.92. The van der Waals surface area contributed by atoms with Gasteiger partial charge >= 0.3 is 0 Å². The molecule has 0 aliphatic heterocycles. The molecule has 64 valence electrons. The van der Waals surface area contributed by atoms with Crippen molar-refractivity contribution in [2.24, 2.45) is 0 Å². The zero-order valence-corrected chi connectivity index (χ0v) is 7.72. The van der Waals surface area contributed by atoms with Gasteiger partial charge in [0.2, 0.25) is 0 Å². The molecule has 0 fully saturated rings. The van der Waals surface area contributed by atoms with Crippen LogP contribution in [-0.4, -0.2) is 7.05 Å². The van der Waals surface area contributed by atoms with E-state index in [-0.39, 0.29) is 0 Å². The van der Waals surface area contributed by atoms with Crippen LogP contribution in [0.4, 0.5) is 0 Å². The molecule has 0 unspecified atom stereocenters. The fourth-order valence-corrected chi connectivity index (χ4v) is 1.17. The number of likely N-dealkylation sites (N-methyl/N-ethyl adjacent to an activating group) is 1. The van der Waals surface area contributed by atoms with Crippen LogP contribution in [0.25, 0.3) is 0 Å². The smallest absolute Gasteiger partial charge is 0.0300 e. The highest BCUT2D eigenvalue weighted by atomic mass is 14.8. The molecule has 0 spiro atoms. The van der Waals surface area contributed by atoms with E-state index in [0.29, 0.717) is 0 Å². The number of rotatable bonds is 2. The van der Waals surface area contributed by atoms with Crippen LogP contribution >= 0.6 is 0 Å². The van der Waals surface area contributed by atoms with Crippen LogP contribution in [0, 0.1) is 0 Å². The molecule has 0 atom stereocenters. The van der Waals surface area contributed by atoms with E-state index < -0.39 is 0 Å². The van der Waals surface area contributed by atoms with Crippen molar-refractivity contribution >= 4 is 0 Å². The third kappa shape index (κ3) is 2.12. The van der Waals surface area contributed by atoms with E-state index in [0.717, 1.165) is 12.1 Å². The van der Waals surface area contributed by atoms with Gasteiger partial charge in [0.15, 0.2) is 0 Å². The monoisotopic (exact) mass is 161 g/mol. The van der Waals surface area contributed by atoms with Crippen LogP contribution in [0.1, 0.15) is 13.3 Å². The Bertz CT molecular complexity index is 267. The lowest BCUT2D eigenvalue weighted by Crippen LogP contribution is -2.06. The summed E-state index contributed by atoms with van der Waals surface area (Å²) in [6.07, 6.45) is 9.47. The second kappa shape index (κ2) is 3.96. The molecule has 1 heteroatoms. The normalized spacial score (nSPS) is 16.2. The lowest BCUT2D eigenvalue weighted by Gasteiger charge is -2.07. The van der Waals surface area contributed by atoms with Gasteiger partial charge in [0.25, 0.3) is 0 Å². The minimum absolute atomic E-state index is 0.966. The van der Waals surface area contributed by atoms with E-state index in [2.05, 4.69) is 43.1 Å². The van der Waals surface area contributed by atoms with Crippen LogP contribution in [0.2, 0.25) is 0 Å². The molecule has 0 aromatic heterocycles. The zero-order chi connectivity index (χ0) is 8.97. The fourth-order valence-electron chi connectivity index (χ4n) is 1.17. The Morgan fingerprint density at radius 3 is 3.00 bits per heavy atom. The molecule has 12 heavy (non-hydrogen) atoms. The number of hydrogen-bond donors (Lipinski definition) is 1. The van der Waals surface area contributed by atoms with Crippen LogP contribution in [0.15, 0.2) is 47.7 Å². The van der Waals surface area contributed by atoms with Gasteiger partial charge in [-0.15, -0.1) is 0 Å². The summed E-state index contributed by atoms with van der Waals surface area (Å²) in [7, 11) is 1.90. The lowest BCUT2D eigenvalue weighted by atomic mass is 10.1.